The SMILES string of the molecule is Cc1sc2nc([C@H](C)N3CCC(C)CC3)[nH]c(=O)c2c1C. The van der Waals surface area contributed by atoms with Gasteiger partial charge in [0.15, 0.2) is 0 Å². The summed E-state index contributed by atoms with van der Waals surface area (Å²) >= 11 is 1.62. The van der Waals surface area contributed by atoms with Gasteiger partial charge in [-0.05, 0) is 58.2 Å². The van der Waals surface area contributed by atoms with Crippen LogP contribution in [-0.4, -0.2) is 28.0 Å². The molecule has 0 amide bonds. The summed E-state index contributed by atoms with van der Waals surface area (Å²) in [6, 6.07) is 0.178. The molecule has 2 aromatic heterocycles. The number of fused-ring (bicyclic) bond motifs is 1. The Morgan fingerprint density at radius 3 is 2.67 bits per heavy atom. The van der Waals surface area contributed by atoms with Crippen LogP contribution in [0, 0.1) is 19.8 Å². The highest BCUT2D eigenvalue weighted by Gasteiger charge is 2.24. The summed E-state index contributed by atoms with van der Waals surface area (Å²) in [5.74, 6) is 1.62. The standard InChI is InChI=1S/C16H23N3OS/c1-9-5-7-19(8-6-9)11(3)14-17-15(20)13-10(2)12(4)21-16(13)18-14/h9,11H,5-8H2,1-4H3,(H,17,18,20)/t11-/m0/s1. The van der Waals surface area contributed by atoms with Crippen LogP contribution in [0.15, 0.2) is 4.79 Å². The molecule has 1 atom stereocenters. The van der Waals surface area contributed by atoms with Gasteiger partial charge < -0.3 is 4.98 Å². The van der Waals surface area contributed by atoms with E-state index in [1.807, 2.05) is 6.92 Å². The molecule has 3 heterocycles. The normalized spacial score (nSPS) is 19.2. The third kappa shape index (κ3) is 2.64. The zero-order valence-corrected chi connectivity index (χ0v) is 14.0. The molecular weight excluding hydrogens is 282 g/mol. The lowest BCUT2D eigenvalue weighted by Crippen LogP contribution is -2.36. The fourth-order valence-corrected chi connectivity index (χ4v) is 4.10. The molecule has 0 unspecified atom stereocenters. The Labute approximate surface area is 129 Å². The maximum Gasteiger partial charge on any atom is 0.259 e. The van der Waals surface area contributed by atoms with Gasteiger partial charge in [-0.2, -0.15) is 0 Å². The summed E-state index contributed by atoms with van der Waals surface area (Å²) in [6.45, 7) is 10.7. The number of nitrogens with one attached hydrogen (secondary N) is 1. The smallest absolute Gasteiger partial charge is 0.259 e. The molecule has 2 aromatic rings. The summed E-state index contributed by atoms with van der Waals surface area (Å²) in [4.78, 5) is 24.6. The molecule has 0 aromatic carbocycles. The summed E-state index contributed by atoms with van der Waals surface area (Å²) in [6.07, 6.45) is 2.46. The third-order valence-electron chi connectivity index (χ3n) is 4.82. The van der Waals surface area contributed by atoms with E-state index < -0.39 is 0 Å². The molecule has 114 valence electrons. The van der Waals surface area contributed by atoms with E-state index in [-0.39, 0.29) is 11.6 Å². The second kappa shape index (κ2) is 5.54. The lowest BCUT2D eigenvalue weighted by molar-refractivity contribution is 0.142. The van der Waals surface area contributed by atoms with Gasteiger partial charge in [-0.25, -0.2) is 4.98 Å². The summed E-state index contributed by atoms with van der Waals surface area (Å²) < 4.78 is 0. The van der Waals surface area contributed by atoms with Gasteiger partial charge in [-0.15, -0.1) is 11.3 Å². The molecule has 0 bridgehead atoms. The second-order valence-electron chi connectivity index (χ2n) is 6.31. The van der Waals surface area contributed by atoms with Crippen LogP contribution in [0.25, 0.3) is 10.2 Å². The van der Waals surface area contributed by atoms with Crippen LogP contribution in [0.3, 0.4) is 0 Å². The molecule has 1 fully saturated rings. The molecule has 3 rings (SSSR count). The van der Waals surface area contributed by atoms with Gasteiger partial charge in [0.1, 0.15) is 10.7 Å². The maximum absolute atomic E-state index is 12.4. The molecule has 1 saturated heterocycles. The summed E-state index contributed by atoms with van der Waals surface area (Å²) in [5.41, 5.74) is 1.07. The Kier molecular flexibility index (Phi) is 3.88. The van der Waals surface area contributed by atoms with Crippen molar-refractivity contribution in [1.29, 1.82) is 0 Å². The highest BCUT2D eigenvalue weighted by atomic mass is 32.1. The summed E-state index contributed by atoms with van der Waals surface area (Å²) in [7, 11) is 0. The average Bonchev–Trinajstić information content (AvgIpc) is 2.74. The predicted octanol–water partition coefficient (Wildman–Crippen LogP) is 3.39. The molecule has 21 heavy (non-hydrogen) atoms. The summed E-state index contributed by atoms with van der Waals surface area (Å²) in [5, 5.41) is 0.765. The maximum atomic E-state index is 12.4. The van der Waals surface area contributed by atoms with E-state index in [0.717, 1.165) is 40.6 Å². The van der Waals surface area contributed by atoms with E-state index in [9.17, 15) is 4.79 Å². The van der Waals surface area contributed by atoms with Crippen molar-refractivity contribution in [3.63, 3.8) is 0 Å². The number of nitrogens with zero attached hydrogens (tertiary/aromatic N) is 2. The molecule has 0 radical (unpaired) electrons. The van der Waals surface area contributed by atoms with E-state index >= 15 is 0 Å². The minimum Gasteiger partial charge on any atom is -0.309 e. The molecule has 5 heteroatoms. The lowest BCUT2D eigenvalue weighted by Gasteiger charge is -2.34. The fraction of sp³-hybridized carbons (Fsp3) is 0.625. The minimum absolute atomic E-state index is 0.00841. The number of hydrogen-bond acceptors (Lipinski definition) is 4. The molecule has 1 aliphatic rings. The van der Waals surface area contributed by atoms with Gasteiger partial charge in [0.2, 0.25) is 0 Å². The second-order valence-corrected chi connectivity index (χ2v) is 7.51. The van der Waals surface area contributed by atoms with Gasteiger partial charge in [0.05, 0.1) is 11.4 Å². The first-order valence-corrected chi connectivity index (χ1v) is 8.53. The van der Waals surface area contributed by atoms with Crippen molar-refractivity contribution >= 4 is 21.6 Å². The highest BCUT2D eigenvalue weighted by Crippen LogP contribution is 2.28. The molecule has 0 saturated carbocycles. The Morgan fingerprint density at radius 2 is 2.00 bits per heavy atom. The Balaban J connectivity index is 1.95. The van der Waals surface area contributed by atoms with Gasteiger partial charge in [0, 0.05) is 4.88 Å². The topological polar surface area (TPSA) is 49.0 Å². The van der Waals surface area contributed by atoms with Crippen LogP contribution >= 0.6 is 11.3 Å². The number of piperidine rings is 1. The molecular formula is C16H23N3OS. The largest absolute Gasteiger partial charge is 0.309 e. The van der Waals surface area contributed by atoms with Crippen LogP contribution in [-0.2, 0) is 0 Å². The van der Waals surface area contributed by atoms with E-state index in [1.165, 1.54) is 17.7 Å². The van der Waals surface area contributed by atoms with Crippen LogP contribution in [0.5, 0.6) is 0 Å². The van der Waals surface area contributed by atoms with Crippen molar-refractivity contribution in [2.45, 2.75) is 46.6 Å². The van der Waals surface area contributed by atoms with E-state index in [0.29, 0.717) is 0 Å². The van der Waals surface area contributed by atoms with E-state index in [1.54, 1.807) is 11.3 Å². The number of aromatic nitrogens is 2. The number of thiophene rings is 1. The molecule has 4 nitrogen and oxygen atoms in total. The van der Waals surface area contributed by atoms with Crippen molar-refractivity contribution in [2.75, 3.05) is 13.1 Å². The van der Waals surface area contributed by atoms with Gasteiger partial charge in [-0.3, -0.25) is 9.69 Å². The van der Waals surface area contributed by atoms with Crippen molar-refractivity contribution in [2.24, 2.45) is 5.92 Å². The van der Waals surface area contributed by atoms with Crippen LogP contribution < -0.4 is 5.56 Å². The van der Waals surface area contributed by atoms with Gasteiger partial charge in [0.25, 0.3) is 5.56 Å². The average molecular weight is 305 g/mol. The quantitative estimate of drug-likeness (QED) is 0.925. The number of rotatable bonds is 2. The van der Waals surface area contributed by atoms with Crippen molar-refractivity contribution in [3.8, 4) is 0 Å². The van der Waals surface area contributed by atoms with Crippen molar-refractivity contribution < 1.29 is 0 Å². The number of likely N-dealkylation sites (tertiary alicyclic amines) is 1. The first-order chi connectivity index (χ1) is 9.97. The molecule has 1 N–H and O–H groups in total. The Bertz CT molecular complexity index is 710. The number of aromatic amines is 1. The van der Waals surface area contributed by atoms with Crippen molar-refractivity contribution in [1.82, 2.24) is 14.9 Å². The van der Waals surface area contributed by atoms with Crippen LogP contribution in [0.4, 0.5) is 0 Å². The monoisotopic (exact) mass is 305 g/mol. The van der Waals surface area contributed by atoms with Crippen LogP contribution in [0.2, 0.25) is 0 Å². The highest BCUT2D eigenvalue weighted by molar-refractivity contribution is 7.18. The van der Waals surface area contributed by atoms with Gasteiger partial charge >= 0.3 is 0 Å². The molecule has 0 aliphatic carbocycles. The van der Waals surface area contributed by atoms with Crippen LogP contribution in [0.1, 0.15) is 49.0 Å². The minimum atomic E-state index is 0.00841. The molecule has 0 spiro atoms. The first-order valence-electron chi connectivity index (χ1n) is 7.71. The van der Waals surface area contributed by atoms with Gasteiger partial charge in [-0.1, -0.05) is 6.92 Å². The van der Waals surface area contributed by atoms with E-state index in [2.05, 4.69) is 30.7 Å². The third-order valence-corrected chi connectivity index (χ3v) is 5.92. The zero-order chi connectivity index (χ0) is 15.1. The number of aryl methyl sites for hydroxylation is 2. The number of hydrogen-bond donors (Lipinski definition) is 1. The first kappa shape index (κ1) is 14.7. The molecule has 1 aliphatic heterocycles. The van der Waals surface area contributed by atoms with Crippen molar-refractivity contribution in [3.05, 3.63) is 26.6 Å². The fourth-order valence-electron chi connectivity index (χ4n) is 3.06. The lowest BCUT2D eigenvalue weighted by atomic mass is 9.98. The Morgan fingerprint density at radius 1 is 1.33 bits per heavy atom. The Hall–Kier alpha value is -1.20. The van der Waals surface area contributed by atoms with E-state index in [4.69, 9.17) is 4.98 Å². The number of H-pyrrole nitrogens is 1. The zero-order valence-electron chi connectivity index (χ0n) is 13.2. The predicted molar refractivity (Wildman–Crippen MR) is 88.1 cm³/mol.